The van der Waals surface area contributed by atoms with Crippen LogP contribution in [0.25, 0.3) is 110 Å². The average Bonchev–Trinajstić information content (AvgIpc) is 3.72. The summed E-state index contributed by atoms with van der Waals surface area (Å²) in [4.78, 5) is 15.8. The predicted octanol–water partition coefficient (Wildman–Crippen LogP) is 15.1. The number of fused-ring (bicyclic) bond motifs is 5. The number of pyridine rings is 1. The topological polar surface area (TPSA) is 38.7 Å². The molecule has 0 unspecified atom stereocenters. The van der Waals surface area contributed by atoms with Gasteiger partial charge in [-0.05, 0) is 51.6 Å². The third kappa shape index (κ3) is 6.56. The zero-order chi connectivity index (χ0) is 39.1. The molecular weight excluding hydrogens is 735 g/mol. The van der Waals surface area contributed by atoms with Gasteiger partial charge in [-0.2, -0.15) is 0 Å². The summed E-state index contributed by atoms with van der Waals surface area (Å²) >= 11 is 1.81. The molecule has 0 bridgehead atoms. The molecule has 11 aromatic rings. The van der Waals surface area contributed by atoms with E-state index in [-0.39, 0.29) is 0 Å². The average molecular weight is 770 g/mol. The van der Waals surface area contributed by atoms with Gasteiger partial charge in [0.2, 0.25) is 0 Å². The molecule has 8 aromatic carbocycles. The second-order valence-corrected chi connectivity index (χ2v) is 15.8. The van der Waals surface area contributed by atoms with Crippen molar-refractivity contribution in [3.05, 3.63) is 212 Å². The van der Waals surface area contributed by atoms with E-state index < -0.39 is 0 Å². The van der Waals surface area contributed by atoms with Gasteiger partial charge >= 0.3 is 0 Å². The molecule has 0 aliphatic carbocycles. The maximum Gasteiger partial charge on any atom is 0.160 e. The maximum absolute atomic E-state index is 5.41. The van der Waals surface area contributed by atoms with E-state index in [1.165, 1.54) is 47.8 Å². The van der Waals surface area contributed by atoms with Crippen LogP contribution in [0.3, 0.4) is 0 Å². The highest BCUT2D eigenvalue weighted by molar-refractivity contribution is 7.26. The van der Waals surface area contributed by atoms with Crippen LogP contribution in [0, 0.1) is 0 Å². The molecule has 0 spiro atoms. The molecule has 0 aliphatic rings. The lowest BCUT2D eigenvalue weighted by Gasteiger charge is -2.12. The first-order valence-corrected chi connectivity index (χ1v) is 20.7. The Labute approximate surface area is 346 Å². The van der Waals surface area contributed by atoms with E-state index in [0.29, 0.717) is 5.82 Å². The van der Waals surface area contributed by atoms with E-state index >= 15 is 0 Å². The molecule has 4 heteroatoms. The van der Waals surface area contributed by atoms with Crippen molar-refractivity contribution in [2.24, 2.45) is 0 Å². The Balaban J connectivity index is 1.02. The lowest BCUT2D eigenvalue weighted by atomic mass is 9.98. The molecule has 3 aromatic heterocycles. The van der Waals surface area contributed by atoms with Crippen molar-refractivity contribution in [3.8, 4) is 78.5 Å². The van der Waals surface area contributed by atoms with Crippen LogP contribution in [-0.4, -0.2) is 15.0 Å². The fourth-order valence-electron chi connectivity index (χ4n) is 8.07. The van der Waals surface area contributed by atoms with Gasteiger partial charge in [-0.25, -0.2) is 15.0 Å². The smallest absolute Gasteiger partial charge is 0.160 e. The highest BCUT2D eigenvalue weighted by atomic mass is 32.1. The van der Waals surface area contributed by atoms with Gasteiger partial charge < -0.3 is 0 Å². The second kappa shape index (κ2) is 14.8. The molecule has 0 saturated carbocycles. The van der Waals surface area contributed by atoms with Crippen LogP contribution in [-0.2, 0) is 0 Å². The quantitative estimate of drug-likeness (QED) is 0.162. The minimum absolute atomic E-state index is 0.686. The Morgan fingerprint density at radius 1 is 0.305 bits per heavy atom. The summed E-state index contributed by atoms with van der Waals surface area (Å²) in [6.07, 6.45) is 0. The molecule has 0 radical (unpaired) electrons. The molecule has 0 amide bonds. The van der Waals surface area contributed by atoms with Crippen LogP contribution in [0.15, 0.2) is 212 Å². The van der Waals surface area contributed by atoms with Crippen molar-refractivity contribution < 1.29 is 0 Å². The van der Waals surface area contributed by atoms with Gasteiger partial charge in [-0.15, -0.1) is 11.3 Å². The second-order valence-electron chi connectivity index (χ2n) is 14.8. The Kier molecular flexibility index (Phi) is 8.68. The summed E-state index contributed by atoms with van der Waals surface area (Å²) in [6.45, 7) is 0. The van der Waals surface area contributed by atoms with Crippen molar-refractivity contribution in [3.63, 3.8) is 0 Å². The summed E-state index contributed by atoms with van der Waals surface area (Å²) in [5.74, 6) is 0.686. The first kappa shape index (κ1) is 34.7. The minimum atomic E-state index is 0.686. The summed E-state index contributed by atoms with van der Waals surface area (Å²) < 4.78 is 2.46. The first-order valence-electron chi connectivity index (χ1n) is 19.8. The Hall–Kier alpha value is -7.53. The van der Waals surface area contributed by atoms with E-state index in [1.54, 1.807) is 0 Å². The number of hydrogen-bond donors (Lipinski definition) is 0. The van der Waals surface area contributed by atoms with Crippen molar-refractivity contribution in [1.82, 2.24) is 15.0 Å². The number of hydrogen-bond acceptors (Lipinski definition) is 4. The van der Waals surface area contributed by atoms with Crippen LogP contribution in [0.4, 0.5) is 0 Å². The molecule has 3 nitrogen and oxygen atoms in total. The molecule has 11 rings (SSSR count). The van der Waals surface area contributed by atoms with Crippen LogP contribution >= 0.6 is 11.3 Å². The molecule has 3 heterocycles. The van der Waals surface area contributed by atoms with E-state index in [1.807, 2.05) is 23.5 Å². The first-order chi connectivity index (χ1) is 29.2. The minimum Gasteiger partial charge on any atom is -0.246 e. The lowest BCUT2D eigenvalue weighted by Crippen LogP contribution is -1.96. The van der Waals surface area contributed by atoms with Gasteiger partial charge in [0, 0.05) is 43.1 Å². The van der Waals surface area contributed by atoms with Gasteiger partial charge in [0.05, 0.1) is 27.3 Å². The standard InChI is InChI=1S/C55H35N3S/c1-4-12-36(13-5-1)39-20-24-41(25-21-39)48-35-49(58-55(57-48)44-30-22-40(23-31-44)37-14-6-2-7-15-37)42-26-28-43(29-27-42)53-54-52(47-18-10-11-19-51(47)59-54)46-33-32-45(34-50(46)56-53)38-16-8-3-9-17-38/h1-35H. The lowest BCUT2D eigenvalue weighted by molar-refractivity contribution is 1.18. The van der Waals surface area contributed by atoms with Crippen LogP contribution in [0.5, 0.6) is 0 Å². The zero-order valence-corrected chi connectivity index (χ0v) is 32.8. The number of aromatic nitrogens is 3. The number of thiophene rings is 1. The normalized spacial score (nSPS) is 11.4. The molecule has 0 aliphatic heterocycles. The van der Waals surface area contributed by atoms with E-state index in [9.17, 15) is 0 Å². The Morgan fingerprint density at radius 2 is 0.746 bits per heavy atom. The highest BCUT2D eigenvalue weighted by Crippen LogP contribution is 2.44. The summed E-state index contributed by atoms with van der Waals surface area (Å²) in [5, 5.41) is 3.70. The summed E-state index contributed by atoms with van der Waals surface area (Å²) in [6, 6.07) is 74.9. The van der Waals surface area contributed by atoms with Crippen LogP contribution in [0.2, 0.25) is 0 Å². The highest BCUT2D eigenvalue weighted by Gasteiger charge is 2.18. The molecular formula is C55H35N3S. The van der Waals surface area contributed by atoms with Gasteiger partial charge in [-0.1, -0.05) is 194 Å². The molecule has 0 atom stereocenters. The van der Waals surface area contributed by atoms with Crippen molar-refractivity contribution in [2.45, 2.75) is 0 Å². The van der Waals surface area contributed by atoms with Gasteiger partial charge in [0.15, 0.2) is 5.82 Å². The fourth-order valence-corrected chi connectivity index (χ4v) is 9.30. The monoisotopic (exact) mass is 769 g/mol. The van der Waals surface area contributed by atoms with E-state index in [2.05, 4.69) is 200 Å². The van der Waals surface area contributed by atoms with E-state index in [0.717, 1.165) is 56.0 Å². The Bertz CT molecular complexity index is 3170. The number of benzene rings is 8. The number of nitrogens with zero attached hydrogens (tertiary/aromatic N) is 3. The van der Waals surface area contributed by atoms with Gasteiger partial charge in [-0.3, -0.25) is 0 Å². The van der Waals surface area contributed by atoms with Gasteiger partial charge in [0.1, 0.15) is 0 Å². The van der Waals surface area contributed by atoms with Crippen LogP contribution < -0.4 is 0 Å². The molecule has 59 heavy (non-hydrogen) atoms. The largest absolute Gasteiger partial charge is 0.246 e. The SMILES string of the molecule is c1ccc(-c2ccc(-c3cc(-c4ccc(-c5nc6cc(-c7ccccc7)ccc6c6c5sc5ccccc56)cc4)nc(-c4ccc(-c5ccccc5)cc4)n3)cc2)cc1. The third-order valence-electron chi connectivity index (χ3n) is 11.1. The maximum atomic E-state index is 5.41. The zero-order valence-electron chi connectivity index (χ0n) is 32.0. The molecule has 0 saturated heterocycles. The van der Waals surface area contributed by atoms with Gasteiger partial charge in [0.25, 0.3) is 0 Å². The van der Waals surface area contributed by atoms with Crippen LogP contribution in [0.1, 0.15) is 0 Å². The third-order valence-corrected chi connectivity index (χ3v) is 12.3. The molecule has 276 valence electrons. The summed E-state index contributed by atoms with van der Waals surface area (Å²) in [7, 11) is 0. The van der Waals surface area contributed by atoms with Crippen molar-refractivity contribution >= 4 is 42.4 Å². The summed E-state index contributed by atoms with van der Waals surface area (Å²) in [5.41, 5.74) is 14.8. The molecule has 0 N–H and O–H groups in total. The molecule has 0 fully saturated rings. The van der Waals surface area contributed by atoms with E-state index in [4.69, 9.17) is 15.0 Å². The predicted molar refractivity (Wildman–Crippen MR) is 248 cm³/mol. The van der Waals surface area contributed by atoms with Crippen molar-refractivity contribution in [1.29, 1.82) is 0 Å². The Morgan fingerprint density at radius 3 is 1.32 bits per heavy atom. The van der Waals surface area contributed by atoms with Crippen molar-refractivity contribution in [2.75, 3.05) is 0 Å². The number of rotatable bonds is 7. The fraction of sp³-hybridized carbons (Fsp3) is 0.